The third-order valence-corrected chi connectivity index (χ3v) is 5.74. The lowest BCUT2D eigenvalue weighted by atomic mass is 10.1. The highest BCUT2D eigenvalue weighted by Crippen LogP contribution is 2.20. The number of nitrogens with one attached hydrogen (secondary N) is 2. The van der Waals surface area contributed by atoms with Gasteiger partial charge in [0.05, 0.1) is 6.04 Å². The number of hydrogen-bond donors (Lipinski definition) is 4. The van der Waals surface area contributed by atoms with Crippen LogP contribution in [0.5, 0.6) is 0 Å². The summed E-state index contributed by atoms with van der Waals surface area (Å²) in [6.45, 7) is -0.0948. The van der Waals surface area contributed by atoms with Gasteiger partial charge >= 0.3 is 5.97 Å². The Morgan fingerprint density at radius 1 is 1.18 bits per heavy atom. The molecule has 0 aromatic rings. The molecule has 1 heterocycles. The minimum absolute atomic E-state index is 0.326. The van der Waals surface area contributed by atoms with Crippen LogP contribution in [0.2, 0.25) is 0 Å². The zero-order valence-corrected chi connectivity index (χ0v) is 17.9. The smallest absolute Gasteiger partial charge is 0.322 e. The van der Waals surface area contributed by atoms with E-state index < -0.39 is 36.5 Å². The maximum absolute atomic E-state index is 13.0. The molecule has 0 aromatic heterocycles. The second-order valence-electron chi connectivity index (χ2n) is 6.53. The van der Waals surface area contributed by atoms with E-state index in [1.807, 2.05) is 12.5 Å². The van der Waals surface area contributed by atoms with Gasteiger partial charge in [0.25, 0.3) is 0 Å². The molecule has 3 amide bonds. The first kappa shape index (κ1) is 24.6. The third-order valence-electron chi connectivity index (χ3n) is 4.45. The number of hydrogen-bond acceptors (Lipinski definition) is 7. The van der Waals surface area contributed by atoms with Gasteiger partial charge in [-0.2, -0.15) is 23.5 Å². The van der Waals surface area contributed by atoms with Crippen LogP contribution in [0.3, 0.4) is 0 Å². The molecule has 3 unspecified atom stereocenters. The number of carboxylic acid groups (broad SMARTS) is 1. The average molecular weight is 435 g/mol. The van der Waals surface area contributed by atoms with Crippen LogP contribution in [-0.4, -0.2) is 88.9 Å². The number of aliphatic carboxylic acids is 1. The van der Waals surface area contributed by atoms with Crippen molar-refractivity contribution in [2.45, 2.75) is 43.8 Å². The summed E-state index contributed by atoms with van der Waals surface area (Å²) in [5.74, 6) is -0.920. The Balaban J connectivity index is 2.79. The van der Waals surface area contributed by atoms with Gasteiger partial charge in [-0.3, -0.25) is 19.2 Å². The predicted octanol–water partition coefficient (Wildman–Crippen LogP) is -0.503. The summed E-state index contributed by atoms with van der Waals surface area (Å²) in [4.78, 5) is 49.8. The predicted molar refractivity (Wildman–Crippen MR) is 111 cm³/mol. The Morgan fingerprint density at radius 3 is 2.43 bits per heavy atom. The van der Waals surface area contributed by atoms with Gasteiger partial charge in [0.15, 0.2) is 0 Å². The van der Waals surface area contributed by atoms with Crippen molar-refractivity contribution < 1.29 is 24.3 Å². The van der Waals surface area contributed by atoms with E-state index in [4.69, 9.17) is 10.8 Å². The molecule has 1 saturated heterocycles. The van der Waals surface area contributed by atoms with E-state index in [9.17, 15) is 19.2 Å². The lowest BCUT2D eigenvalue weighted by molar-refractivity contribution is -0.142. The molecule has 0 aliphatic carbocycles. The molecule has 0 saturated carbocycles. The number of carboxylic acids is 1. The fraction of sp³-hybridized carbons (Fsp3) is 0.765. The van der Waals surface area contributed by atoms with Gasteiger partial charge in [-0.15, -0.1) is 0 Å². The lowest BCUT2D eigenvalue weighted by Gasteiger charge is -2.29. The lowest BCUT2D eigenvalue weighted by Crippen LogP contribution is -2.56. The molecule has 0 radical (unpaired) electrons. The Hall–Kier alpha value is -1.46. The molecule has 5 N–H and O–H groups in total. The van der Waals surface area contributed by atoms with E-state index in [1.54, 1.807) is 23.5 Å². The van der Waals surface area contributed by atoms with Crippen molar-refractivity contribution in [2.75, 3.05) is 37.1 Å². The molecule has 160 valence electrons. The Bertz CT molecular complexity index is 564. The molecule has 28 heavy (non-hydrogen) atoms. The van der Waals surface area contributed by atoms with Crippen molar-refractivity contribution >= 4 is 47.2 Å². The number of carbonyl (C=O) groups is 4. The number of rotatable bonds is 12. The van der Waals surface area contributed by atoms with E-state index >= 15 is 0 Å². The summed E-state index contributed by atoms with van der Waals surface area (Å²) in [5.41, 5.74) is 5.90. The molecule has 3 atom stereocenters. The van der Waals surface area contributed by atoms with E-state index in [0.29, 0.717) is 38.0 Å². The number of thioether (sulfide) groups is 2. The number of carbonyl (C=O) groups excluding carboxylic acids is 3. The molecule has 9 nitrogen and oxygen atoms in total. The maximum Gasteiger partial charge on any atom is 0.322 e. The van der Waals surface area contributed by atoms with Crippen LogP contribution in [0.1, 0.15) is 25.7 Å². The Labute approximate surface area is 173 Å². The second-order valence-corrected chi connectivity index (χ2v) is 8.50. The topological polar surface area (TPSA) is 142 Å². The molecule has 0 aromatic carbocycles. The Morgan fingerprint density at radius 2 is 1.82 bits per heavy atom. The summed E-state index contributed by atoms with van der Waals surface area (Å²) in [7, 11) is 0. The summed E-state index contributed by atoms with van der Waals surface area (Å²) < 4.78 is 0. The zero-order valence-electron chi connectivity index (χ0n) is 16.3. The quantitative estimate of drug-likeness (QED) is 0.322. The van der Waals surface area contributed by atoms with Crippen LogP contribution >= 0.6 is 23.5 Å². The van der Waals surface area contributed by atoms with Gasteiger partial charge in [-0.05, 0) is 49.7 Å². The highest BCUT2D eigenvalue weighted by Gasteiger charge is 2.37. The van der Waals surface area contributed by atoms with Crippen molar-refractivity contribution in [3.05, 3.63) is 0 Å². The number of likely N-dealkylation sites (tertiary alicyclic amines) is 1. The molecular weight excluding hydrogens is 404 g/mol. The van der Waals surface area contributed by atoms with Crippen LogP contribution in [0, 0.1) is 0 Å². The highest BCUT2D eigenvalue weighted by atomic mass is 32.2. The summed E-state index contributed by atoms with van der Waals surface area (Å²) in [6, 6.07) is -2.16. The van der Waals surface area contributed by atoms with Crippen LogP contribution in [-0.2, 0) is 19.2 Å². The van der Waals surface area contributed by atoms with Crippen molar-refractivity contribution in [3.8, 4) is 0 Å². The van der Waals surface area contributed by atoms with Crippen molar-refractivity contribution in [2.24, 2.45) is 5.73 Å². The number of amides is 3. The van der Waals surface area contributed by atoms with Crippen molar-refractivity contribution in [1.29, 1.82) is 0 Å². The van der Waals surface area contributed by atoms with Gasteiger partial charge in [-0.1, -0.05) is 0 Å². The number of nitrogens with two attached hydrogens (primary N) is 1. The fourth-order valence-corrected chi connectivity index (χ4v) is 3.89. The van der Waals surface area contributed by atoms with Crippen molar-refractivity contribution in [3.63, 3.8) is 0 Å². The van der Waals surface area contributed by atoms with E-state index in [0.717, 1.165) is 5.75 Å². The summed E-state index contributed by atoms with van der Waals surface area (Å²) >= 11 is 3.15. The van der Waals surface area contributed by atoms with Crippen LogP contribution < -0.4 is 16.4 Å². The molecule has 1 fully saturated rings. The van der Waals surface area contributed by atoms with Gasteiger partial charge < -0.3 is 26.4 Å². The van der Waals surface area contributed by atoms with E-state index in [1.165, 1.54) is 4.90 Å². The minimum atomic E-state index is -1.14. The van der Waals surface area contributed by atoms with E-state index in [-0.39, 0.29) is 11.8 Å². The van der Waals surface area contributed by atoms with Crippen LogP contribution in [0.4, 0.5) is 0 Å². The first-order valence-corrected chi connectivity index (χ1v) is 11.9. The van der Waals surface area contributed by atoms with Crippen LogP contribution in [0.15, 0.2) is 0 Å². The molecule has 0 spiro atoms. The Kier molecular flexibility index (Phi) is 11.3. The van der Waals surface area contributed by atoms with E-state index in [2.05, 4.69) is 10.6 Å². The average Bonchev–Trinajstić information content (AvgIpc) is 3.16. The maximum atomic E-state index is 13.0. The molecule has 1 aliphatic heterocycles. The molecule has 11 heteroatoms. The van der Waals surface area contributed by atoms with Crippen LogP contribution in [0.25, 0.3) is 0 Å². The SMILES string of the molecule is CSCCC(N)C(=O)NC(CCSC)C(=O)N1CCCC1C(=O)NCC(=O)O. The number of nitrogens with zero attached hydrogens (tertiary/aromatic N) is 1. The zero-order chi connectivity index (χ0) is 21.1. The van der Waals surface area contributed by atoms with Crippen molar-refractivity contribution in [1.82, 2.24) is 15.5 Å². The monoisotopic (exact) mass is 434 g/mol. The highest BCUT2D eigenvalue weighted by molar-refractivity contribution is 7.98. The third kappa shape index (κ3) is 7.88. The molecule has 1 aliphatic rings. The first-order valence-electron chi connectivity index (χ1n) is 9.15. The first-order chi connectivity index (χ1) is 13.3. The molecular formula is C17H30N4O5S2. The van der Waals surface area contributed by atoms with Gasteiger partial charge in [-0.25, -0.2) is 0 Å². The molecule has 1 rings (SSSR count). The van der Waals surface area contributed by atoms with Gasteiger partial charge in [0.2, 0.25) is 17.7 Å². The summed E-state index contributed by atoms with van der Waals surface area (Å²) in [6.07, 6.45) is 5.90. The largest absolute Gasteiger partial charge is 0.480 e. The normalized spacial score (nSPS) is 18.4. The summed E-state index contributed by atoms with van der Waals surface area (Å²) in [5, 5.41) is 13.8. The standard InChI is InChI=1S/C17H30N4O5S2/c1-27-8-5-11(18)15(24)20-12(6-9-28-2)17(26)21-7-3-4-13(21)16(25)19-10-14(22)23/h11-13H,3-10,18H2,1-2H3,(H,19,25)(H,20,24)(H,22,23). The fourth-order valence-electron chi connectivity index (χ4n) is 2.93. The molecule has 0 bridgehead atoms. The second kappa shape index (κ2) is 12.9. The minimum Gasteiger partial charge on any atom is -0.480 e. The van der Waals surface area contributed by atoms with Gasteiger partial charge in [0, 0.05) is 6.54 Å². The van der Waals surface area contributed by atoms with Gasteiger partial charge in [0.1, 0.15) is 18.6 Å².